The quantitative estimate of drug-likeness (QED) is 0.684. The number of aromatic nitrogens is 2. The Labute approximate surface area is 146 Å². The fourth-order valence-electron chi connectivity index (χ4n) is 3.38. The van der Waals surface area contributed by atoms with Gasteiger partial charge in [0.05, 0.1) is 28.6 Å². The first-order valence-electron chi connectivity index (χ1n) is 7.93. The van der Waals surface area contributed by atoms with Gasteiger partial charge in [0.25, 0.3) is 0 Å². The van der Waals surface area contributed by atoms with Crippen molar-refractivity contribution >= 4 is 27.3 Å². The van der Waals surface area contributed by atoms with E-state index in [0.29, 0.717) is 13.1 Å². The van der Waals surface area contributed by atoms with Crippen molar-refractivity contribution in [1.29, 1.82) is 0 Å². The van der Waals surface area contributed by atoms with Crippen LogP contribution in [0.25, 0.3) is 0 Å². The number of rotatable bonds is 4. The van der Waals surface area contributed by atoms with Gasteiger partial charge in [-0.05, 0) is 18.5 Å². The molecule has 1 aromatic heterocycles. The van der Waals surface area contributed by atoms with Gasteiger partial charge in [0, 0.05) is 45.8 Å². The summed E-state index contributed by atoms with van der Waals surface area (Å²) in [4.78, 5) is 18.9. The van der Waals surface area contributed by atoms with E-state index in [1.165, 1.54) is 11.5 Å². The minimum atomic E-state index is -3.08. The largest absolute Gasteiger partial charge is 0.348 e. The number of nitrogens with zero attached hydrogens (tertiary/aromatic N) is 5. The molecule has 3 heterocycles. The first-order chi connectivity index (χ1) is 11.3. The number of likely N-dealkylation sites (N-methyl/N-ethyl adjacent to an activating group) is 1. The maximum Gasteiger partial charge on any atom is 0.236 e. The van der Waals surface area contributed by atoms with Crippen LogP contribution in [0.1, 0.15) is 10.6 Å². The number of carbonyl (C=O) groups excluding carboxylic acids is 1. The molecule has 8 nitrogen and oxygen atoms in total. The standard InChI is InChI=1S/C14H23N5O3S2/c1-10-13(23-16-15-10)6-18-4-5-19(7-14(20)17(2)3)12-9-24(21,22)8-11(12)18/h11-12H,4-9H2,1-3H3/t11-,12+/m0/s1. The molecule has 1 aromatic rings. The summed E-state index contributed by atoms with van der Waals surface area (Å²) in [6.45, 7) is 4.32. The van der Waals surface area contributed by atoms with Crippen molar-refractivity contribution in [2.45, 2.75) is 25.6 Å². The smallest absolute Gasteiger partial charge is 0.236 e. The van der Waals surface area contributed by atoms with E-state index in [1.54, 1.807) is 19.0 Å². The highest BCUT2D eigenvalue weighted by atomic mass is 32.2. The van der Waals surface area contributed by atoms with Crippen molar-refractivity contribution in [3.05, 3.63) is 10.6 Å². The number of hydrogen-bond donors (Lipinski definition) is 0. The van der Waals surface area contributed by atoms with E-state index in [-0.39, 0.29) is 36.0 Å². The summed E-state index contributed by atoms with van der Waals surface area (Å²) in [6.07, 6.45) is 0. The summed E-state index contributed by atoms with van der Waals surface area (Å²) in [5, 5.41) is 4.03. The highest BCUT2D eigenvalue weighted by Gasteiger charge is 2.47. The SMILES string of the molecule is Cc1nnsc1CN1CCN(CC(=O)N(C)C)[C@@H]2CS(=O)(=O)C[C@@H]21. The van der Waals surface area contributed by atoms with E-state index in [1.807, 2.05) is 11.8 Å². The van der Waals surface area contributed by atoms with Crippen molar-refractivity contribution in [2.24, 2.45) is 0 Å². The molecule has 10 heteroatoms. The van der Waals surface area contributed by atoms with E-state index in [4.69, 9.17) is 0 Å². The lowest BCUT2D eigenvalue weighted by atomic mass is 10.0. The Morgan fingerprint density at radius 1 is 1.25 bits per heavy atom. The maximum absolute atomic E-state index is 12.2. The zero-order valence-electron chi connectivity index (χ0n) is 14.2. The first kappa shape index (κ1) is 17.7. The van der Waals surface area contributed by atoms with E-state index < -0.39 is 9.84 Å². The number of carbonyl (C=O) groups is 1. The molecule has 2 aliphatic heterocycles. The summed E-state index contributed by atoms with van der Waals surface area (Å²) in [6, 6.07) is -0.186. The molecule has 3 rings (SSSR count). The lowest BCUT2D eigenvalue weighted by Crippen LogP contribution is -2.60. The van der Waals surface area contributed by atoms with Crippen LogP contribution < -0.4 is 0 Å². The van der Waals surface area contributed by atoms with Crippen LogP contribution in [-0.4, -0.2) is 95.9 Å². The van der Waals surface area contributed by atoms with E-state index in [0.717, 1.165) is 17.1 Å². The molecule has 0 saturated carbocycles. The number of aryl methyl sites for hydroxylation is 1. The molecule has 2 fully saturated rings. The minimum Gasteiger partial charge on any atom is -0.348 e. The summed E-state index contributed by atoms with van der Waals surface area (Å²) in [7, 11) is 0.371. The highest BCUT2D eigenvalue weighted by Crippen LogP contribution is 2.29. The zero-order chi connectivity index (χ0) is 17.5. The van der Waals surface area contributed by atoms with Crippen LogP contribution in [0.3, 0.4) is 0 Å². The average Bonchev–Trinajstić information content (AvgIpc) is 3.04. The number of piperazine rings is 1. The van der Waals surface area contributed by atoms with Gasteiger partial charge in [0.1, 0.15) is 0 Å². The third-order valence-corrected chi connectivity index (χ3v) is 7.34. The Morgan fingerprint density at radius 2 is 1.88 bits per heavy atom. The molecule has 0 spiro atoms. The third-order valence-electron chi connectivity index (χ3n) is 4.84. The van der Waals surface area contributed by atoms with Crippen molar-refractivity contribution in [3.8, 4) is 0 Å². The van der Waals surface area contributed by atoms with Gasteiger partial charge in [0.15, 0.2) is 9.84 Å². The monoisotopic (exact) mass is 373 g/mol. The summed E-state index contributed by atoms with van der Waals surface area (Å²) >= 11 is 1.37. The fourth-order valence-corrected chi connectivity index (χ4v) is 6.09. The lowest BCUT2D eigenvalue weighted by Gasteiger charge is -2.43. The summed E-state index contributed by atoms with van der Waals surface area (Å²) < 4.78 is 28.4. The predicted octanol–water partition coefficient (Wildman–Crippen LogP) is -0.782. The average molecular weight is 374 g/mol. The van der Waals surface area contributed by atoms with E-state index >= 15 is 0 Å². The molecule has 2 aliphatic rings. The second-order valence-corrected chi connectivity index (χ2v) is 9.71. The van der Waals surface area contributed by atoms with Gasteiger partial charge in [-0.3, -0.25) is 14.6 Å². The molecular formula is C14H23N5O3S2. The Balaban J connectivity index is 1.77. The molecule has 2 saturated heterocycles. The van der Waals surface area contributed by atoms with Crippen molar-refractivity contribution in [2.75, 3.05) is 45.2 Å². The Kier molecular flexibility index (Phi) is 4.92. The molecule has 0 bridgehead atoms. The van der Waals surface area contributed by atoms with Crippen LogP contribution in [0.5, 0.6) is 0 Å². The summed E-state index contributed by atoms with van der Waals surface area (Å²) in [5.74, 6) is 0.304. The summed E-state index contributed by atoms with van der Waals surface area (Å²) in [5.41, 5.74) is 0.905. The molecule has 2 atom stereocenters. The molecule has 0 aromatic carbocycles. The van der Waals surface area contributed by atoms with Crippen LogP contribution in [0.15, 0.2) is 0 Å². The Bertz CT molecular complexity index is 718. The number of fused-ring (bicyclic) bond motifs is 1. The van der Waals surface area contributed by atoms with Gasteiger partial charge in [0.2, 0.25) is 5.91 Å². The minimum absolute atomic E-state index is 0.00833. The Morgan fingerprint density at radius 3 is 2.46 bits per heavy atom. The molecule has 24 heavy (non-hydrogen) atoms. The van der Waals surface area contributed by atoms with Crippen molar-refractivity contribution < 1.29 is 13.2 Å². The van der Waals surface area contributed by atoms with Crippen LogP contribution in [-0.2, 0) is 21.2 Å². The third kappa shape index (κ3) is 3.61. The van der Waals surface area contributed by atoms with Gasteiger partial charge < -0.3 is 4.90 Å². The fraction of sp³-hybridized carbons (Fsp3) is 0.786. The van der Waals surface area contributed by atoms with Crippen LogP contribution >= 0.6 is 11.5 Å². The molecule has 1 amide bonds. The second kappa shape index (κ2) is 6.66. The van der Waals surface area contributed by atoms with E-state index in [2.05, 4.69) is 14.5 Å². The van der Waals surface area contributed by atoms with Gasteiger partial charge >= 0.3 is 0 Å². The van der Waals surface area contributed by atoms with Crippen LogP contribution in [0.2, 0.25) is 0 Å². The molecular weight excluding hydrogens is 350 g/mol. The van der Waals surface area contributed by atoms with Crippen molar-refractivity contribution in [3.63, 3.8) is 0 Å². The van der Waals surface area contributed by atoms with Gasteiger partial charge in [-0.2, -0.15) is 0 Å². The lowest BCUT2D eigenvalue weighted by molar-refractivity contribution is -0.131. The molecule has 134 valence electrons. The van der Waals surface area contributed by atoms with Crippen LogP contribution in [0, 0.1) is 6.92 Å². The number of hydrogen-bond acceptors (Lipinski definition) is 8. The molecule has 0 unspecified atom stereocenters. The molecule has 0 radical (unpaired) electrons. The highest BCUT2D eigenvalue weighted by molar-refractivity contribution is 7.91. The van der Waals surface area contributed by atoms with Gasteiger partial charge in [-0.15, -0.1) is 5.10 Å². The topological polar surface area (TPSA) is 86.7 Å². The van der Waals surface area contributed by atoms with Gasteiger partial charge in [-0.25, -0.2) is 8.42 Å². The van der Waals surface area contributed by atoms with E-state index in [9.17, 15) is 13.2 Å². The number of amides is 1. The normalized spacial score (nSPS) is 27.1. The molecule has 0 aliphatic carbocycles. The predicted molar refractivity (Wildman–Crippen MR) is 91.6 cm³/mol. The van der Waals surface area contributed by atoms with Gasteiger partial charge in [-0.1, -0.05) is 4.49 Å². The van der Waals surface area contributed by atoms with Crippen LogP contribution in [0.4, 0.5) is 0 Å². The zero-order valence-corrected chi connectivity index (χ0v) is 15.8. The Hall–Kier alpha value is -1.10. The first-order valence-corrected chi connectivity index (χ1v) is 10.5. The maximum atomic E-state index is 12.2. The second-order valence-electron chi connectivity index (χ2n) is 6.72. The number of sulfone groups is 1. The van der Waals surface area contributed by atoms with Crippen molar-refractivity contribution in [1.82, 2.24) is 24.3 Å². The molecule has 0 N–H and O–H groups in total.